The molecule has 4 nitrogen and oxygen atoms in total. The largest absolute Gasteiger partial charge is 0.329 e. The average molecular weight is 256 g/mol. The van der Waals surface area contributed by atoms with E-state index in [1.54, 1.807) is 19.1 Å². The molecule has 0 saturated carbocycles. The van der Waals surface area contributed by atoms with E-state index < -0.39 is 10.0 Å². The third-order valence-corrected chi connectivity index (χ3v) is 4.40. The molecule has 5 heteroatoms. The van der Waals surface area contributed by atoms with Gasteiger partial charge in [0.25, 0.3) is 0 Å². The van der Waals surface area contributed by atoms with Gasteiger partial charge in [0.15, 0.2) is 0 Å². The Morgan fingerprint density at radius 3 is 2.47 bits per heavy atom. The highest BCUT2D eigenvalue weighted by molar-refractivity contribution is 7.89. The van der Waals surface area contributed by atoms with Gasteiger partial charge in [-0.2, -0.15) is 0 Å². The molecule has 0 fully saturated rings. The summed E-state index contributed by atoms with van der Waals surface area (Å²) >= 11 is 0. The highest BCUT2D eigenvalue weighted by Gasteiger charge is 2.19. The topological polar surface area (TPSA) is 72.2 Å². The molecule has 1 aromatic rings. The number of benzene rings is 1. The zero-order chi connectivity index (χ0) is 13.1. The molecule has 0 aliphatic carbocycles. The number of sulfonamides is 1. The summed E-state index contributed by atoms with van der Waals surface area (Å²) in [6.45, 7) is 5.94. The van der Waals surface area contributed by atoms with Crippen molar-refractivity contribution in [3.8, 4) is 0 Å². The Balaban J connectivity index is 3.05. The Kier molecular flexibility index (Phi) is 4.68. The van der Waals surface area contributed by atoms with E-state index in [-0.39, 0.29) is 6.04 Å². The summed E-state index contributed by atoms with van der Waals surface area (Å²) in [7, 11) is -3.46. The van der Waals surface area contributed by atoms with Crippen molar-refractivity contribution in [2.24, 2.45) is 5.73 Å². The van der Waals surface area contributed by atoms with Gasteiger partial charge < -0.3 is 5.73 Å². The van der Waals surface area contributed by atoms with Crippen LogP contribution < -0.4 is 10.5 Å². The molecule has 1 atom stereocenters. The molecule has 3 N–H and O–H groups in total. The van der Waals surface area contributed by atoms with Gasteiger partial charge in [0, 0.05) is 12.6 Å². The minimum absolute atomic E-state index is 0.208. The summed E-state index contributed by atoms with van der Waals surface area (Å²) in [6, 6.07) is 5.08. The maximum absolute atomic E-state index is 12.1. The first-order valence-electron chi connectivity index (χ1n) is 5.70. The Labute approximate surface area is 103 Å². The predicted octanol–water partition coefficient (Wildman–Crippen LogP) is 1.32. The summed E-state index contributed by atoms with van der Waals surface area (Å²) in [5, 5.41) is 0. The molecule has 0 aliphatic heterocycles. The van der Waals surface area contributed by atoms with E-state index in [1.807, 2.05) is 19.9 Å². The predicted molar refractivity (Wildman–Crippen MR) is 69.4 cm³/mol. The summed E-state index contributed by atoms with van der Waals surface area (Å²) in [5.41, 5.74) is 7.31. The smallest absolute Gasteiger partial charge is 0.241 e. The van der Waals surface area contributed by atoms with Gasteiger partial charge in [-0.15, -0.1) is 0 Å². The number of aryl methyl sites for hydroxylation is 2. The zero-order valence-corrected chi connectivity index (χ0v) is 11.3. The summed E-state index contributed by atoms with van der Waals surface area (Å²) in [4.78, 5) is 0.329. The van der Waals surface area contributed by atoms with Crippen LogP contribution in [0.3, 0.4) is 0 Å². The van der Waals surface area contributed by atoms with E-state index in [2.05, 4.69) is 4.72 Å². The van der Waals surface area contributed by atoms with Gasteiger partial charge in [0.05, 0.1) is 4.90 Å². The van der Waals surface area contributed by atoms with E-state index in [0.717, 1.165) is 11.1 Å². The first kappa shape index (κ1) is 14.2. The lowest BCUT2D eigenvalue weighted by Gasteiger charge is -2.16. The number of hydrogen-bond acceptors (Lipinski definition) is 3. The van der Waals surface area contributed by atoms with Crippen LogP contribution in [-0.4, -0.2) is 21.0 Å². The molecule has 0 aromatic heterocycles. The molecule has 0 heterocycles. The number of rotatable bonds is 5. The Bertz CT molecular complexity index is 479. The fourth-order valence-corrected chi connectivity index (χ4v) is 3.24. The lowest BCUT2D eigenvalue weighted by atomic mass is 10.2. The monoisotopic (exact) mass is 256 g/mol. The summed E-state index contributed by atoms with van der Waals surface area (Å²) in [5.74, 6) is 0. The van der Waals surface area contributed by atoms with Gasteiger partial charge in [0.2, 0.25) is 10.0 Å². The van der Waals surface area contributed by atoms with Gasteiger partial charge in [-0.05, 0) is 31.9 Å². The van der Waals surface area contributed by atoms with Crippen LogP contribution in [0, 0.1) is 13.8 Å². The average Bonchev–Trinajstić information content (AvgIpc) is 2.25. The lowest BCUT2D eigenvalue weighted by Crippen LogP contribution is -2.39. The van der Waals surface area contributed by atoms with Crippen LogP contribution >= 0.6 is 0 Å². The molecule has 17 heavy (non-hydrogen) atoms. The number of hydrogen-bond donors (Lipinski definition) is 2. The summed E-state index contributed by atoms with van der Waals surface area (Å²) in [6.07, 6.45) is 0.681. The second-order valence-electron chi connectivity index (χ2n) is 4.23. The van der Waals surface area contributed by atoms with Crippen LogP contribution in [0.4, 0.5) is 0 Å². The van der Waals surface area contributed by atoms with Crippen LogP contribution in [0.5, 0.6) is 0 Å². The third-order valence-electron chi connectivity index (χ3n) is 2.72. The molecule has 96 valence electrons. The van der Waals surface area contributed by atoms with Crippen LogP contribution in [0.2, 0.25) is 0 Å². The van der Waals surface area contributed by atoms with E-state index in [9.17, 15) is 8.42 Å². The molecule has 0 amide bonds. The Morgan fingerprint density at radius 2 is 2.00 bits per heavy atom. The molecular formula is C12H20N2O2S. The molecule has 1 unspecified atom stereocenters. The fraction of sp³-hybridized carbons (Fsp3) is 0.500. The molecule has 1 aromatic carbocycles. The van der Waals surface area contributed by atoms with E-state index in [1.165, 1.54) is 0 Å². The standard InChI is InChI=1S/C12H20N2O2S/c1-4-11(8-13)14-17(15,16)12-6-5-9(2)7-10(12)3/h5-7,11,14H,4,8,13H2,1-3H3. The van der Waals surface area contributed by atoms with Crippen LogP contribution in [0.15, 0.2) is 23.1 Å². The maximum atomic E-state index is 12.1. The van der Waals surface area contributed by atoms with Crippen LogP contribution in [-0.2, 0) is 10.0 Å². The zero-order valence-electron chi connectivity index (χ0n) is 10.5. The molecule has 0 saturated heterocycles. The van der Waals surface area contributed by atoms with E-state index in [0.29, 0.717) is 17.9 Å². The minimum atomic E-state index is -3.46. The highest BCUT2D eigenvalue weighted by Crippen LogP contribution is 2.16. The third kappa shape index (κ3) is 3.52. The molecule has 1 rings (SSSR count). The van der Waals surface area contributed by atoms with Crippen molar-refractivity contribution in [1.29, 1.82) is 0 Å². The van der Waals surface area contributed by atoms with E-state index in [4.69, 9.17) is 5.73 Å². The molecule has 0 aliphatic rings. The quantitative estimate of drug-likeness (QED) is 0.834. The SMILES string of the molecule is CCC(CN)NS(=O)(=O)c1ccc(C)cc1C. The molecule has 0 spiro atoms. The van der Waals surface area contributed by atoms with Crippen LogP contribution in [0.25, 0.3) is 0 Å². The van der Waals surface area contributed by atoms with Crippen molar-refractivity contribution >= 4 is 10.0 Å². The first-order chi connectivity index (χ1) is 7.90. The van der Waals surface area contributed by atoms with Crippen molar-refractivity contribution in [2.45, 2.75) is 38.1 Å². The number of nitrogens with two attached hydrogens (primary N) is 1. The maximum Gasteiger partial charge on any atom is 0.241 e. The van der Waals surface area contributed by atoms with Crippen molar-refractivity contribution in [3.63, 3.8) is 0 Å². The van der Waals surface area contributed by atoms with Gasteiger partial charge >= 0.3 is 0 Å². The second kappa shape index (κ2) is 5.62. The van der Waals surface area contributed by atoms with E-state index >= 15 is 0 Å². The van der Waals surface area contributed by atoms with Gasteiger partial charge in [-0.3, -0.25) is 0 Å². The van der Waals surface area contributed by atoms with Crippen molar-refractivity contribution < 1.29 is 8.42 Å². The van der Waals surface area contributed by atoms with Crippen molar-refractivity contribution in [2.75, 3.05) is 6.54 Å². The highest BCUT2D eigenvalue weighted by atomic mass is 32.2. The van der Waals surface area contributed by atoms with Crippen molar-refractivity contribution in [3.05, 3.63) is 29.3 Å². The van der Waals surface area contributed by atoms with Crippen molar-refractivity contribution in [1.82, 2.24) is 4.72 Å². The summed E-state index contributed by atoms with van der Waals surface area (Å²) < 4.78 is 26.9. The number of nitrogens with one attached hydrogen (secondary N) is 1. The minimum Gasteiger partial charge on any atom is -0.329 e. The lowest BCUT2D eigenvalue weighted by molar-refractivity contribution is 0.542. The Hall–Kier alpha value is -0.910. The van der Waals surface area contributed by atoms with Crippen LogP contribution in [0.1, 0.15) is 24.5 Å². The fourth-order valence-electron chi connectivity index (χ4n) is 1.68. The second-order valence-corrected chi connectivity index (χ2v) is 5.91. The molecule has 0 radical (unpaired) electrons. The molecule has 0 bridgehead atoms. The van der Waals surface area contributed by atoms with Gasteiger partial charge in [-0.1, -0.05) is 24.6 Å². The molecular weight excluding hydrogens is 236 g/mol. The normalized spacial score (nSPS) is 13.6. The van der Waals surface area contributed by atoms with Gasteiger partial charge in [0.1, 0.15) is 0 Å². The first-order valence-corrected chi connectivity index (χ1v) is 7.18. The Morgan fingerprint density at radius 1 is 1.35 bits per heavy atom. The van der Waals surface area contributed by atoms with Gasteiger partial charge in [-0.25, -0.2) is 13.1 Å².